The maximum absolute atomic E-state index is 12.7. The van der Waals surface area contributed by atoms with E-state index in [0.29, 0.717) is 18.4 Å². The number of imidazole rings is 1. The molecule has 0 aliphatic carbocycles. The third-order valence-electron chi connectivity index (χ3n) is 5.54. The molecule has 1 atom stereocenters. The summed E-state index contributed by atoms with van der Waals surface area (Å²) in [6.45, 7) is 6.16. The molecule has 8 heteroatoms. The summed E-state index contributed by atoms with van der Waals surface area (Å²) in [5, 5.41) is 4.01. The molecule has 0 spiro atoms. The number of amides is 1. The van der Waals surface area contributed by atoms with Crippen LogP contribution in [0, 0.1) is 0 Å². The quantitative estimate of drug-likeness (QED) is 0.640. The molecule has 3 aromatic rings. The zero-order chi connectivity index (χ0) is 20.4. The average molecular weight is 396 g/mol. The normalized spacial score (nSPS) is 17.4. The molecule has 29 heavy (non-hydrogen) atoms. The molecule has 1 aliphatic heterocycles. The largest absolute Gasteiger partial charge is 0.364 e. The summed E-state index contributed by atoms with van der Waals surface area (Å²) in [6, 6.07) is 8.58. The highest BCUT2D eigenvalue weighted by atomic mass is 16.5. The number of rotatable bonds is 6. The summed E-state index contributed by atoms with van der Waals surface area (Å²) < 4.78 is 9.56. The Morgan fingerprint density at radius 2 is 2.14 bits per heavy atom. The van der Waals surface area contributed by atoms with Gasteiger partial charge in [0.05, 0.1) is 11.0 Å². The van der Waals surface area contributed by atoms with Gasteiger partial charge >= 0.3 is 0 Å². The van der Waals surface area contributed by atoms with Gasteiger partial charge in [0.15, 0.2) is 5.82 Å². The van der Waals surface area contributed by atoms with Crippen LogP contribution in [0.1, 0.15) is 50.3 Å². The molecule has 3 heterocycles. The zero-order valence-electron chi connectivity index (χ0n) is 17.3. The molecule has 4 rings (SSSR count). The van der Waals surface area contributed by atoms with Crippen molar-refractivity contribution in [2.24, 2.45) is 7.05 Å². The minimum atomic E-state index is 0.0177. The summed E-state index contributed by atoms with van der Waals surface area (Å²) in [7, 11) is 1.81. The Bertz CT molecular complexity index is 992. The Morgan fingerprint density at radius 1 is 1.31 bits per heavy atom. The van der Waals surface area contributed by atoms with Crippen molar-refractivity contribution in [3.8, 4) is 0 Å². The summed E-state index contributed by atoms with van der Waals surface area (Å²) in [4.78, 5) is 23.7. The molecule has 1 unspecified atom stereocenters. The molecule has 1 fully saturated rings. The minimum absolute atomic E-state index is 0.0177. The van der Waals surface area contributed by atoms with Crippen LogP contribution in [-0.4, -0.2) is 54.8 Å². The van der Waals surface area contributed by atoms with Gasteiger partial charge in [-0.15, -0.1) is 0 Å². The summed E-state index contributed by atoms with van der Waals surface area (Å²) in [5.74, 6) is 2.05. The molecular weight excluding hydrogens is 368 g/mol. The lowest BCUT2D eigenvalue weighted by molar-refractivity contribution is -0.138. The van der Waals surface area contributed by atoms with E-state index < -0.39 is 0 Å². The number of aromatic nitrogens is 5. The molecule has 0 saturated carbocycles. The van der Waals surface area contributed by atoms with E-state index in [0.717, 1.165) is 36.2 Å². The van der Waals surface area contributed by atoms with Crippen molar-refractivity contribution in [1.82, 2.24) is 29.2 Å². The van der Waals surface area contributed by atoms with Crippen molar-refractivity contribution < 1.29 is 9.53 Å². The number of likely N-dealkylation sites (tertiary alicyclic amines) is 1. The van der Waals surface area contributed by atoms with Crippen molar-refractivity contribution in [2.45, 2.75) is 45.3 Å². The molecule has 0 bridgehead atoms. The number of nitrogens with zero attached hydrogens (tertiary/aromatic N) is 6. The van der Waals surface area contributed by atoms with E-state index in [1.165, 1.54) is 6.33 Å². The number of para-hydroxylation sites is 2. The van der Waals surface area contributed by atoms with Crippen LogP contribution in [-0.2, 0) is 23.2 Å². The van der Waals surface area contributed by atoms with Gasteiger partial charge in [0.1, 0.15) is 25.4 Å². The predicted molar refractivity (Wildman–Crippen MR) is 109 cm³/mol. The number of aryl methyl sites for hydroxylation is 1. The highest BCUT2D eigenvalue weighted by Crippen LogP contribution is 2.31. The highest BCUT2D eigenvalue weighted by Gasteiger charge is 2.29. The topological polar surface area (TPSA) is 78.1 Å². The Morgan fingerprint density at radius 3 is 2.90 bits per heavy atom. The van der Waals surface area contributed by atoms with Crippen molar-refractivity contribution in [1.29, 1.82) is 0 Å². The number of piperidine rings is 1. The minimum Gasteiger partial charge on any atom is -0.364 e. The molecule has 8 nitrogen and oxygen atoms in total. The van der Waals surface area contributed by atoms with Crippen molar-refractivity contribution in [3.63, 3.8) is 0 Å². The fraction of sp³-hybridized carbons (Fsp3) is 0.524. The van der Waals surface area contributed by atoms with Gasteiger partial charge in [-0.05, 0) is 38.8 Å². The third kappa shape index (κ3) is 4.03. The molecule has 154 valence electrons. The number of carbonyl (C=O) groups is 1. The van der Waals surface area contributed by atoms with E-state index in [1.807, 2.05) is 18.0 Å². The number of hydrogen-bond donors (Lipinski definition) is 0. The third-order valence-corrected chi connectivity index (χ3v) is 5.54. The lowest BCUT2D eigenvalue weighted by atomic mass is 9.96. The Hall–Kier alpha value is -2.74. The maximum Gasteiger partial charge on any atom is 0.248 e. The second-order valence-corrected chi connectivity index (χ2v) is 7.89. The van der Waals surface area contributed by atoms with E-state index >= 15 is 0 Å². The number of carbonyl (C=O) groups excluding carboxylic acids is 1. The smallest absolute Gasteiger partial charge is 0.248 e. The number of hydrogen-bond acceptors (Lipinski definition) is 5. The average Bonchev–Trinajstić information content (AvgIpc) is 3.31. The second-order valence-electron chi connectivity index (χ2n) is 7.89. The van der Waals surface area contributed by atoms with Gasteiger partial charge in [-0.1, -0.05) is 12.1 Å². The molecule has 1 aliphatic rings. The van der Waals surface area contributed by atoms with E-state index in [1.54, 1.807) is 4.68 Å². The van der Waals surface area contributed by atoms with Crippen LogP contribution < -0.4 is 0 Å². The van der Waals surface area contributed by atoms with E-state index in [2.05, 4.69) is 46.7 Å². The summed E-state index contributed by atoms with van der Waals surface area (Å²) >= 11 is 0. The lowest BCUT2D eigenvalue weighted by Crippen LogP contribution is -2.41. The van der Waals surface area contributed by atoms with Crippen LogP contribution in [0.4, 0.5) is 0 Å². The maximum atomic E-state index is 12.7. The van der Waals surface area contributed by atoms with Crippen LogP contribution in [0.3, 0.4) is 0 Å². The first-order chi connectivity index (χ1) is 14.0. The summed E-state index contributed by atoms with van der Waals surface area (Å²) in [5.41, 5.74) is 2.18. The monoisotopic (exact) mass is 396 g/mol. The van der Waals surface area contributed by atoms with Gasteiger partial charge in [-0.3, -0.25) is 9.48 Å². The van der Waals surface area contributed by atoms with Crippen LogP contribution in [0.25, 0.3) is 11.0 Å². The highest BCUT2D eigenvalue weighted by molar-refractivity contribution is 5.78. The van der Waals surface area contributed by atoms with Gasteiger partial charge in [0, 0.05) is 32.1 Å². The first kappa shape index (κ1) is 19.6. The van der Waals surface area contributed by atoms with Gasteiger partial charge in [-0.2, -0.15) is 5.10 Å². The van der Waals surface area contributed by atoms with E-state index in [-0.39, 0.29) is 25.0 Å². The van der Waals surface area contributed by atoms with Crippen molar-refractivity contribution >= 4 is 16.9 Å². The van der Waals surface area contributed by atoms with Crippen LogP contribution in [0.5, 0.6) is 0 Å². The lowest BCUT2D eigenvalue weighted by Gasteiger charge is -2.33. The van der Waals surface area contributed by atoms with Gasteiger partial charge < -0.3 is 14.2 Å². The Labute approximate surface area is 170 Å². The number of benzene rings is 1. The second kappa shape index (κ2) is 8.32. The van der Waals surface area contributed by atoms with Gasteiger partial charge in [0.25, 0.3) is 0 Å². The van der Waals surface area contributed by atoms with Gasteiger partial charge in [-0.25, -0.2) is 9.97 Å². The van der Waals surface area contributed by atoms with Crippen LogP contribution >= 0.6 is 0 Å². The molecule has 2 aromatic heterocycles. The Balaban J connectivity index is 1.44. The number of fused-ring (bicyclic) bond motifs is 1. The van der Waals surface area contributed by atoms with E-state index in [9.17, 15) is 4.79 Å². The van der Waals surface area contributed by atoms with E-state index in [4.69, 9.17) is 9.72 Å². The summed E-state index contributed by atoms with van der Waals surface area (Å²) in [6.07, 6.45) is 3.50. The molecular formula is C21H28N6O2. The molecule has 1 saturated heterocycles. The van der Waals surface area contributed by atoms with Crippen molar-refractivity contribution in [2.75, 3.05) is 19.7 Å². The number of ether oxygens (including phenoxy) is 1. The van der Waals surface area contributed by atoms with Crippen molar-refractivity contribution in [3.05, 3.63) is 42.2 Å². The van der Waals surface area contributed by atoms with Gasteiger partial charge in [0.2, 0.25) is 5.91 Å². The SMILES string of the molecule is CC(C)n1c(C2CCCN(C(=O)COCc3ncnn3C)C2)nc2ccccc21. The molecule has 1 amide bonds. The van der Waals surface area contributed by atoms with Crippen LogP contribution in [0.15, 0.2) is 30.6 Å². The molecule has 0 radical (unpaired) electrons. The predicted octanol–water partition coefficient (Wildman–Crippen LogP) is 2.67. The zero-order valence-corrected chi connectivity index (χ0v) is 17.3. The Kier molecular flexibility index (Phi) is 5.62. The first-order valence-corrected chi connectivity index (χ1v) is 10.2. The fourth-order valence-electron chi connectivity index (χ4n) is 4.08. The first-order valence-electron chi connectivity index (χ1n) is 10.2. The standard InChI is InChI=1S/C21H28N6O2/c1-15(2)27-18-9-5-4-8-17(18)24-21(27)16-7-6-10-26(11-16)20(28)13-29-12-19-22-14-23-25(19)3/h4-5,8-9,14-16H,6-7,10-13H2,1-3H3. The van der Waals surface area contributed by atoms with Crippen LogP contribution in [0.2, 0.25) is 0 Å². The molecule has 0 N–H and O–H groups in total. The molecule has 1 aromatic carbocycles. The fourth-order valence-corrected chi connectivity index (χ4v) is 4.08.